The third-order valence-corrected chi connectivity index (χ3v) is 2.93. The molecule has 1 saturated heterocycles. The van der Waals surface area contributed by atoms with E-state index in [4.69, 9.17) is 0 Å². The van der Waals surface area contributed by atoms with Crippen LogP contribution < -0.4 is 0 Å². The zero-order valence-electron chi connectivity index (χ0n) is 6.57. The molecule has 2 heterocycles. The Bertz CT molecular complexity index is 154. The minimum Gasteiger partial charge on any atom is -0.280 e. The molecule has 0 N–H and O–H groups in total. The summed E-state index contributed by atoms with van der Waals surface area (Å²) in [5, 5.41) is 4.17. The molecule has 2 rings (SSSR count). The molecule has 0 bridgehead atoms. The lowest BCUT2D eigenvalue weighted by Crippen LogP contribution is -2.38. The largest absolute Gasteiger partial charge is 0.280 e. The van der Waals surface area contributed by atoms with Crippen LogP contribution in [0.15, 0.2) is 9.63 Å². The number of likely N-dealkylation sites (tertiary alicyclic amines) is 1. The monoisotopic (exact) mass is 171 g/mol. The Morgan fingerprint density at radius 1 is 1.18 bits per heavy atom. The molecule has 0 aromatic carbocycles. The Labute approximate surface area is 71.4 Å². The maximum Gasteiger partial charge on any atom is 0.135 e. The van der Waals surface area contributed by atoms with Crippen molar-refractivity contribution in [1.29, 1.82) is 0 Å². The minimum absolute atomic E-state index is 0.403. The zero-order valence-corrected chi connectivity index (χ0v) is 7.39. The van der Waals surface area contributed by atoms with Crippen LogP contribution in [0.1, 0.15) is 19.3 Å². The van der Waals surface area contributed by atoms with Gasteiger partial charge in [-0.3, -0.25) is 4.90 Å². The molecule has 2 aliphatic rings. The molecule has 1 atom stereocenters. The Morgan fingerprint density at radius 2 is 2.00 bits per heavy atom. The second-order valence-electron chi connectivity index (χ2n) is 3.07. The van der Waals surface area contributed by atoms with Crippen LogP contribution in [0.25, 0.3) is 0 Å². The molecule has 2 aliphatic heterocycles. The van der Waals surface area contributed by atoms with E-state index >= 15 is 0 Å². The second kappa shape index (κ2) is 3.54. The van der Waals surface area contributed by atoms with Gasteiger partial charge in [0.1, 0.15) is 6.17 Å². The average molecular weight is 171 g/mol. The molecular formula is C7H13N3S. The van der Waals surface area contributed by atoms with Gasteiger partial charge < -0.3 is 0 Å². The summed E-state index contributed by atoms with van der Waals surface area (Å²) in [6, 6.07) is 0. The summed E-state index contributed by atoms with van der Waals surface area (Å²) in [5.74, 6) is 1.07. The van der Waals surface area contributed by atoms with E-state index in [1.165, 1.54) is 32.4 Å². The second-order valence-corrected chi connectivity index (χ2v) is 3.82. The number of rotatable bonds is 1. The van der Waals surface area contributed by atoms with Crippen LogP contribution in [0.3, 0.4) is 0 Å². The lowest BCUT2D eigenvalue weighted by molar-refractivity contribution is 0.180. The first kappa shape index (κ1) is 7.55. The Morgan fingerprint density at radius 3 is 2.64 bits per heavy atom. The third kappa shape index (κ3) is 1.73. The van der Waals surface area contributed by atoms with Gasteiger partial charge in [-0.25, -0.2) is 0 Å². The maximum absolute atomic E-state index is 4.17. The maximum atomic E-state index is 4.17. The van der Waals surface area contributed by atoms with Crippen molar-refractivity contribution >= 4 is 11.9 Å². The number of nitrogens with zero attached hydrogens (tertiary/aromatic N) is 3. The molecule has 0 aromatic heterocycles. The van der Waals surface area contributed by atoms with Crippen molar-refractivity contribution in [2.45, 2.75) is 25.4 Å². The molecule has 0 radical (unpaired) electrons. The fourth-order valence-electron chi connectivity index (χ4n) is 1.62. The van der Waals surface area contributed by atoms with Crippen LogP contribution >= 0.6 is 11.9 Å². The molecule has 3 nitrogen and oxygen atoms in total. The van der Waals surface area contributed by atoms with Crippen molar-refractivity contribution in [1.82, 2.24) is 4.90 Å². The SMILES string of the molecule is C1CCN(C2CSN=N2)CC1. The van der Waals surface area contributed by atoms with E-state index in [2.05, 4.69) is 14.5 Å². The molecule has 4 heteroatoms. The fourth-order valence-corrected chi connectivity index (χ4v) is 2.27. The van der Waals surface area contributed by atoms with Crippen molar-refractivity contribution in [3.63, 3.8) is 0 Å². The summed E-state index contributed by atoms with van der Waals surface area (Å²) in [7, 11) is 0. The molecular weight excluding hydrogens is 158 g/mol. The van der Waals surface area contributed by atoms with Crippen LogP contribution in [0, 0.1) is 0 Å². The first-order valence-electron chi connectivity index (χ1n) is 4.23. The van der Waals surface area contributed by atoms with E-state index in [1.807, 2.05) is 0 Å². The van der Waals surface area contributed by atoms with Gasteiger partial charge in [0.2, 0.25) is 0 Å². The van der Waals surface area contributed by atoms with E-state index in [9.17, 15) is 0 Å². The molecule has 11 heavy (non-hydrogen) atoms. The normalized spacial score (nSPS) is 32.9. The molecule has 1 fully saturated rings. The summed E-state index contributed by atoms with van der Waals surface area (Å²) in [5.41, 5.74) is 0. The van der Waals surface area contributed by atoms with Crippen LogP contribution in [-0.4, -0.2) is 29.9 Å². The fraction of sp³-hybridized carbons (Fsp3) is 1.00. The summed E-state index contributed by atoms with van der Waals surface area (Å²) in [4.78, 5) is 2.45. The van der Waals surface area contributed by atoms with Gasteiger partial charge in [-0.05, 0) is 12.8 Å². The van der Waals surface area contributed by atoms with Crippen LogP contribution in [-0.2, 0) is 0 Å². The van der Waals surface area contributed by atoms with Crippen molar-refractivity contribution in [2.24, 2.45) is 9.63 Å². The Kier molecular flexibility index (Phi) is 2.43. The lowest BCUT2D eigenvalue weighted by atomic mass is 10.1. The Balaban J connectivity index is 1.87. The van der Waals surface area contributed by atoms with Crippen molar-refractivity contribution in [2.75, 3.05) is 18.8 Å². The first-order chi connectivity index (χ1) is 5.47. The third-order valence-electron chi connectivity index (χ3n) is 2.27. The standard InChI is InChI=1S/C7H13N3S/c1-2-4-10(5-3-1)7-6-11-9-8-7/h7H,1-6H2. The van der Waals surface area contributed by atoms with Crippen LogP contribution in [0.4, 0.5) is 0 Å². The first-order valence-corrected chi connectivity index (χ1v) is 5.17. The smallest absolute Gasteiger partial charge is 0.135 e. The van der Waals surface area contributed by atoms with E-state index in [0.29, 0.717) is 6.17 Å². The number of hydrogen-bond acceptors (Lipinski definition) is 4. The molecule has 0 amide bonds. The number of hydrogen-bond donors (Lipinski definition) is 0. The van der Waals surface area contributed by atoms with Gasteiger partial charge >= 0.3 is 0 Å². The van der Waals surface area contributed by atoms with E-state index in [0.717, 1.165) is 5.75 Å². The van der Waals surface area contributed by atoms with Crippen molar-refractivity contribution in [3.8, 4) is 0 Å². The molecule has 62 valence electrons. The lowest BCUT2D eigenvalue weighted by Gasteiger charge is -2.28. The average Bonchev–Trinajstić information content (AvgIpc) is 2.58. The summed E-state index contributed by atoms with van der Waals surface area (Å²) in [6.45, 7) is 2.45. The Hall–Kier alpha value is -0.0900. The summed E-state index contributed by atoms with van der Waals surface area (Å²) in [6.07, 6.45) is 4.49. The van der Waals surface area contributed by atoms with E-state index < -0.39 is 0 Å². The van der Waals surface area contributed by atoms with Gasteiger partial charge in [0.05, 0.1) is 5.75 Å². The zero-order chi connectivity index (χ0) is 7.52. The molecule has 0 aliphatic carbocycles. The van der Waals surface area contributed by atoms with Gasteiger partial charge in [-0.1, -0.05) is 6.42 Å². The van der Waals surface area contributed by atoms with Crippen LogP contribution in [0.5, 0.6) is 0 Å². The van der Waals surface area contributed by atoms with E-state index in [-0.39, 0.29) is 0 Å². The summed E-state index contributed by atoms with van der Waals surface area (Å²) < 4.78 is 3.94. The van der Waals surface area contributed by atoms with Crippen molar-refractivity contribution in [3.05, 3.63) is 0 Å². The van der Waals surface area contributed by atoms with Gasteiger partial charge in [0.25, 0.3) is 0 Å². The molecule has 0 spiro atoms. The highest BCUT2D eigenvalue weighted by Crippen LogP contribution is 2.22. The topological polar surface area (TPSA) is 28.0 Å². The predicted octanol–water partition coefficient (Wildman–Crippen LogP) is 1.91. The highest BCUT2D eigenvalue weighted by molar-refractivity contribution is 7.98. The molecule has 1 unspecified atom stereocenters. The van der Waals surface area contributed by atoms with Gasteiger partial charge in [0.15, 0.2) is 0 Å². The minimum atomic E-state index is 0.403. The highest BCUT2D eigenvalue weighted by Gasteiger charge is 2.22. The summed E-state index contributed by atoms with van der Waals surface area (Å²) >= 11 is 1.59. The van der Waals surface area contributed by atoms with Gasteiger partial charge in [-0.15, -0.1) is 4.52 Å². The van der Waals surface area contributed by atoms with Gasteiger partial charge in [0, 0.05) is 25.0 Å². The van der Waals surface area contributed by atoms with Gasteiger partial charge in [-0.2, -0.15) is 5.11 Å². The van der Waals surface area contributed by atoms with E-state index in [1.54, 1.807) is 11.9 Å². The highest BCUT2D eigenvalue weighted by atomic mass is 32.2. The predicted molar refractivity (Wildman–Crippen MR) is 46.5 cm³/mol. The molecule has 0 saturated carbocycles. The van der Waals surface area contributed by atoms with Crippen molar-refractivity contribution < 1.29 is 0 Å². The quantitative estimate of drug-likeness (QED) is 0.564. The number of piperidine rings is 1. The molecule has 0 aromatic rings. The van der Waals surface area contributed by atoms with Crippen LogP contribution in [0.2, 0.25) is 0 Å².